The first-order valence-corrected chi connectivity index (χ1v) is 10.7. The number of anilines is 2. The number of methoxy groups -OCH3 is 1. The lowest BCUT2D eigenvalue weighted by Crippen LogP contribution is -2.38. The number of benzene rings is 2. The SMILES string of the molecule is COc1ccccc1-c1ccc(N2CCC(C(=O)Nc3cc([N+](=O)[O-])ccc3C)CC2)nn1. The van der Waals surface area contributed by atoms with Crippen LogP contribution in [0.5, 0.6) is 5.75 Å². The van der Waals surface area contributed by atoms with Crippen LogP contribution in [0.15, 0.2) is 54.6 Å². The molecule has 170 valence electrons. The third-order valence-corrected chi connectivity index (χ3v) is 5.91. The number of aryl methyl sites for hydroxylation is 1. The summed E-state index contributed by atoms with van der Waals surface area (Å²) in [6.07, 6.45) is 1.32. The molecule has 1 amide bonds. The summed E-state index contributed by atoms with van der Waals surface area (Å²) in [6.45, 7) is 3.17. The highest BCUT2D eigenvalue weighted by atomic mass is 16.6. The molecule has 2 aromatic carbocycles. The Morgan fingerprint density at radius 1 is 1.12 bits per heavy atom. The molecule has 9 nitrogen and oxygen atoms in total. The van der Waals surface area contributed by atoms with E-state index in [4.69, 9.17) is 4.74 Å². The highest BCUT2D eigenvalue weighted by Gasteiger charge is 2.26. The van der Waals surface area contributed by atoms with Crippen molar-refractivity contribution >= 4 is 23.1 Å². The van der Waals surface area contributed by atoms with Gasteiger partial charge in [-0.2, -0.15) is 0 Å². The summed E-state index contributed by atoms with van der Waals surface area (Å²) in [5.74, 6) is 1.23. The second kappa shape index (κ2) is 9.64. The molecule has 33 heavy (non-hydrogen) atoms. The normalized spacial score (nSPS) is 14.1. The number of ether oxygens (including phenoxy) is 1. The maximum atomic E-state index is 12.8. The lowest BCUT2D eigenvalue weighted by Gasteiger charge is -2.32. The number of carbonyl (C=O) groups is 1. The van der Waals surface area contributed by atoms with E-state index in [1.54, 1.807) is 13.2 Å². The van der Waals surface area contributed by atoms with Crippen LogP contribution in [0, 0.1) is 23.0 Å². The third-order valence-electron chi connectivity index (χ3n) is 5.91. The summed E-state index contributed by atoms with van der Waals surface area (Å²) in [5, 5.41) is 22.6. The lowest BCUT2D eigenvalue weighted by atomic mass is 9.95. The molecule has 1 fully saturated rings. The average Bonchev–Trinajstić information content (AvgIpc) is 2.85. The fourth-order valence-corrected chi connectivity index (χ4v) is 3.96. The minimum absolute atomic E-state index is 0.0409. The van der Waals surface area contributed by atoms with Crippen molar-refractivity contribution in [2.24, 2.45) is 5.92 Å². The van der Waals surface area contributed by atoms with E-state index >= 15 is 0 Å². The van der Waals surface area contributed by atoms with Crippen molar-refractivity contribution in [3.8, 4) is 17.0 Å². The van der Waals surface area contributed by atoms with Gasteiger partial charge in [0, 0.05) is 36.7 Å². The predicted octanol–water partition coefficient (Wildman–Crippen LogP) is 4.22. The van der Waals surface area contributed by atoms with Gasteiger partial charge in [0.05, 0.1) is 23.4 Å². The van der Waals surface area contributed by atoms with E-state index in [9.17, 15) is 14.9 Å². The molecule has 4 rings (SSSR count). The van der Waals surface area contributed by atoms with Gasteiger partial charge in [-0.05, 0) is 49.6 Å². The van der Waals surface area contributed by atoms with Crippen LogP contribution in [0.3, 0.4) is 0 Å². The molecule has 9 heteroatoms. The quantitative estimate of drug-likeness (QED) is 0.445. The number of para-hydroxylation sites is 1. The van der Waals surface area contributed by atoms with Gasteiger partial charge in [0.25, 0.3) is 5.69 Å². The first-order valence-electron chi connectivity index (χ1n) is 10.7. The van der Waals surface area contributed by atoms with Gasteiger partial charge < -0.3 is 15.0 Å². The number of hydrogen-bond acceptors (Lipinski definition) is 7. The number of piperidine rings is 1. The fourth-order valence-electron chi connectivity index (χ4n) is 3.96. The zero-order valence-corrected chi connectivity index (χ0v) is 18.5. The van der Waals surface area contributed by atoms with Crippen LogP contribution in [0.4, 0.5) is 17.2 Å². The smallest absolute Gasteiger partial charge is 0.271 e. The number of non-ortho nitro benzene ring substituents is 1. The predicted molar refractivity (Wildman–Crippen MR) is 125 cm³/mol. The number of rotatable bonds is 6. The highest BCUT2D eigenvalue weighted by Crippen LogP contribution is 2.29. The molecule has 1 saturated heterocycles. The Hall–Kier alpha value is -4.01. The fraction of sp³-hybridized carbons (Fsp3) is 0.292. The van der Waals surface area contributed by atoms with Crippen LogP contribution in [-0.2, 0) is 4.79 Å². The first-order chi connectivity index (χ1) is 16.0. The van der Waals surface area contributed by atoms with Crippen molar-refractivity contribution in [1.29, 1.82) is 0 Å². The molecule has 0 spiro atoms. The second-order valence-corrected chi connectivity index (χ2v) is 7.98. The number of hydrogen-bond donors (Lipinski definition) is 1. The zero-order chi connectivity index (χ0) is 23.4. The molecule has 3 aromatic rings. The maximum absolute atomic E-state index is 12.8. The van der Waals surface area contributed by atoms with Gasteiger partial charge in [0.15, 0.2) is 5.82 Å². The van der Waals surface area contributed by atoms with Crippen molar-refractivity contribution in [1.82, 2.24) is 10.2 Å². The Morgan fingerprint density at radius 2 is 1.88 bits per heavy atom. The topological polar surface area (TPSA) is 110 Å². The summed E-state index contributed by atoms with van der Waals surface area (Å²) in [5.41, 5.74) is 2.84. The average molecular weight is 447 g/mol. The number of nitrogens with one attached hydrogen (secondary N) is 1. The molecule has 1 aliphatic heterocycles. The van der Waals surface area contributed by atoms with Crippen LogP contribution in [0.1, 0.15) is 18.4 Å². The Balaban J connectivity index is 1.37. The van der Waals surface area contributed by atoms with Gasteiger partial charge in [-0.25, -0.2) is 0 Å². The number of nitrogens with zero attached hydrogens (tertiary/aromatic N) is 4. The van der Waals surface area contributed by atoms with Crippen molar-refractivity contribution in [2.45, 2.75) is 19.8 Å². The molecule has 1 aromatic heterocycles. The van der Waals surface area contributed by atoms with Gasteiger partial charge in [-0.15, -0.1) is 10.2 Å². The lowest BCUT2D eigenvalue weighted by molar-refractivity contribution is -0.384. The van der Waals surface area contributed by atoms with Crippen LogP contribution in [0.2, 0.25) is 0 Å². The van der Waals surface area contributed by atoms with Crippen LogP contribution in [-0.4, -0.2) is 41.2 Å². The van der Waals surface area contributed by atoms with Gasteiger partial charge in [-0.3, -0.25) is 14.9 Å². The zero-order valence-electron chi connectivity index (χ0n) is 18.5. The van der Waals surface area contributed by atoms with E-state index in [-0.39, 0.29) is 17.5 Å². The Bertz CT molecular complexity index is 1160. The van der Waals surface area contributed by atoms with Crippen LogP contribution in [0.25, 0.3) is 11.3 Å². The summed E-state index contributed by atoms with van der Waals surface area (Å²) in [7, 11) is 1.63. The van der Waals surface area contributed by atoms with Gasteiger partial charge in [0.2, 0.25) is 5.91 Å². The van der Waals surface area contributed by atoms with Crippen LogP contribution < -0.4 is 15.0 Å². The number of nitro groups is 1. The molecule has 0 atom stereocenters. The minimum atomic E-state index is -0.465. The third kappa shape index (κ3) is 4.92. The summed E-state index contributed by atoms with van der Waals surface area (Å²) < 4.78 is 5.40. The molecule has 2 heterocycles. The van der Waals surface area contributed by atoms with Crippen molar-refractivity contribution in [3.63, 3.8) is 0 Å². The molecular formula is C24H25N5O4. The Morgan fingerprint density at radius 3 is 2.55 bits per heavy atom. The number of carbonyl (C=O) groups excluding carboxylic acids is 1. The van der Waals surface area contributed by atoms with Crippen molar-refractivity contribution < 1.29 is 14.5 Å². The molecule has 0 saturated carbocycles. The highest BCUT2D eigenvalue weighted by molar-refractivity contribution is 5.93. The van der Waals surface area contributed by atoms with Crippen LogP contribution >= 0.6 is 0 Å². The van der Waals surface area contributed by atoms with Crippen molar-refractivity contribution in [3.05, 3.63) is 70.3 Å². The second-order valence-electron chi connectivity index (χ2n) is 7.98. The Kier molecular flexibility index (Phi) is 6.48. The standard InChI is InChI=1S/C24H25N5O4/c1-16-7-8-18(29(31)32)15-21(16)25-24(30)17-11-13-28(14-12-17)23-10-9-20(26-27-23)19-5-3-4-6-22(19)33-2/h3-10,15,17H,11-14H2,1-2H3,(H,25,30). The van der Waals surface area contributed by atoms with E-state index in [0.717, 1.165) is 28.4 Å². The molecule has 1 N–H and O–H groups in total. The van der Waals surface area contributed by atoms with E-state index < -0.39 is 4.92 Å². The summed E-state index contributed by atoms with van der Waals surface area (Å²) >= 11 is 0. The number of nitro benzene ring substituents is 1. The van der Waals surface area contributed by atoms with Gasteiger partial charge in [-0.1, -0.05) is 18.2 Å². The molecule has 0 radical (unpaired) electrons. The largest absolute Gasteiger partial charge is 0.496 e. The number of amides is 1. The molecule has 0 aliphatic carbocycles. The first kappa shape index (κ1) is 22.2. The minimum Gasteiger partial charge on any atom is -0.496 e. The van der Waals surface area contributed by atoms with Crippen molar-refractivity contribution in [2.75, 3.05) is 30.4 Å². The van der Waals surface area contributed by atoms with E-state index in [2.05, 4.69) is 20.4 Å². The summed E-state index contributed by atoms with van der Waals surface area (Å²) in [6, 6.07) is 16.0. The molecule has 1 aliphatic rings. The Labute approximate surface area is 191 Å². The van der Waals surface area contributed by atoms with Gasteiger partial charge >= 0.3 is 0 Å². The van der Waals surface area contributed by atoms with E-state index in [1.807, 2.05) is 43.3 Å². The molecule has 0 unspecified atom stereocenters. The van der Waals surface area contributed by atoms with E-state index in [0.29, 0.717) is 31.6 Å². The summed E-state index contributed by atoms with van der Waals surface area (Å²) in [4.78, 5) is 25.4. The van der Waals surface area contributed by atoms with Gasteiger partial charge in [0.1, 0.15) is 5.75 Å². The molecular weight excluding hydrogens is 422 g/mol. The maximum Gasteiger partial charge on any atom is 0.271 e. The van der Waals surface area contributed by atoms with E-state index in [1.165, 1.54) is 12.1 Å². The molecule has 0 bridgehead atoms. The number of aromatic nitrogens is 2. The monoisotopic (exact) mass is 447 g/mol.